The van der Waals surface area contributed by atoms with Crippen molar-refractivity contribution in [1.29, 1.82) is 0 Å². The number of aliphatic hydroxyl groups is 1. The molecule has 0 radical (unpaired) electrons. The van der Waals surface area contributed by atoms with E-state index in [1.165, 1.54) is 0 Å². The second-order valence-electron chi connectivity index (χ2n) is 4.68. The Hall–Kier alpha value is -0.610. The molecule has 0 saturated carbocycles. The summed E-state index contributed by atoms with van der Waals surface area (Å²) < 4.78 is 5.48. The van der Waals surface area contributed by atoms with Crippen molar-refractivity contribution in [2.45, 2.75) is 18.9 Å². The van der Waals surface area contributed by atoms with Gasteiger partial charge in [-0.1, -0.05) is 23.7 Å². The highest BCUT2D eigenvalue weighted by Crippen LogP contribution is 2.40. The van der Waals surface area contributed by atoms with Crippen molar-refractivity contribution < 1.29 is 9.84 Å². The molecule has 2 unspecified atom stereocenters. The molecule has 1 heterocycles. The highest BCUT2D eigenvalue weighted by atomic mass is 35.5. The summed E-state index contributed by atoms with van der Waals surface area (Å²) in [5.74, 6) is 0. The molecule has 3 nitrogen and oxygen atoms in total. The van der Waals surface area contributed by atoms with Crippen molar-refractivity contribution in [3.63, 3.8) is 0 Å². The van der Waals surface area contributed by atoms with Gasteiger partial charge in [0, 0.05) is 23.6 Å². The van der Waals surface area contributed by atoms with Crippen molar-refractivity contribution >= 4 is 11.6 Å². The van der Waals surface area contributed by atoms with Crippen molar-refractivity contribution in [3.8, 4) is 0 Å². The normalized spacial score (nSPS) is 26.8. The van der Waals surface area contributed by atoms with Crippen LogP contribution in [0.15, 0.2) is 24.3 Å². The number of hydrogen-bond acceptors (Lipinski definition) is 3. The van der Waals surface area contributed by atoms with Crippen LogP contribution in [0.5, 0.6) is 0 Å². The Balaban J connectivity index is 2.24. The topological polar surface area (TPSA) is 55.5 Å². The summed E-state index contributed by atoms with van der Waals surface area (Å²) in [7, 11) is 0. The van der Waals surface area contributed by atoms with Crippen LogP contribution in [0.4, 0.5) is 0 Å². The Morgan fingerprint density at radius 3 is 2.94 bits per heavy atom. The lowest BCUT2D eigenvalue weighted by atomic mass is 9.75. The summed E-state index contributed by atoms with van der Waals surface area (Å²) in [6.45, 7) is 1.68. The smallest absolute Gasteiger partial charge is 0.0880 e. The van der Waals surface area contributed by atoms with E-state index in [1.807, 2.05) is 12.1 Å². The molecule has 0 aliphatic carbocycles. The Morgan fingerprint density at radius 2 is 2.35 bits per heavy atom. The molecule has 2 atom stereocenters. The highest BCUT2D eigenvalue weighted by Gasteiger charge is 2.39. The van der Waals surface area contributed by atoms with E-state index in [1.54, 1.807) is 12.1 Å². The number of aliphatic hydroxyl groups excluding tert-OH is 1. The molecule has 1 aliphatic rings. The highest BCUT2D eigenvalue weighted by molar-refractivity contribution is 6.30. The fourth-order valence-electron chi connectivity index (χ4n) is 2.39. The molecule has 1 fully saturated rings. The Morgan fingerprint density at radius 1 is 1.53 bits per heavy atom. The minimum absolute atomic E-state index is 0.372. The number of rotatable bonds is 3. The Kier molecular flexibility index (Phi) is 4.05. The number of benzene rings is 1. The molecule has 17 heavy (non-hydrogen) atoms. The second kappa shape index (κ2) is 5.36. The summed E-state index contributed by atoms with van der Waals surface area (Å²) in [4.78, 5) is 0. The fourth-order valence-corrected chi connectivity index (χ4v) is 2.59. The van der Waals surface area contributed by atoms with Crippen LogP contribution < -0.4 is 5.73 Å². The first-order valence-corrected chi connectivity index (χ1v) is 6.27. The predicted molar refractivity (Wildman–Crippen MR) is 68.0 cm³/mol. The molecule has 4 heteroatoms. The third kappa shape index (κ3) is 2.63. The van der Waals surface area contributed by atoms with Crippen molar-refractivity contribution in [3.05, 3.63) is 34.9 Å². The van der Waals surface area contributed by atoms with Gasteiger partial charge in [0.15, 0.2) is 0 Å². The van der Waals surface area contributed by atoms with Gasteiger partial charge >= 0.3 is 0 Å². The SMILES string of the molecule is NCC1(C(O)c2cccc(Cl)c2)CCCOC1. The summed E-state index contributed by atoms with van der Waals surface area (Å²) in [5.41, 5.74) is 6.28. The molecule has 0 spiro atoms. The van der Waals surface area contributed by atoms with E-state index in [9.17, 15) is 5.11 Å². The van der Waals surface area contributed by atoms with Crippen LogP contribution in [-0.4, -0.2) is 24.9 Å². The lowest BCUT2D eigenvalue weighted by molar-refractivity contribution is -0.0781. The lowest BCUT2D eigenvalue weighted by Gasteiger charge is -2.40. The van der Waals surface area contributed by atoms with Crippen molar-refractivity contribution in [1.82, 2.24) is 0 Å². The number of ether oxygens (including phenoxy) is 1. The number of halogens is 1. The van der Waals surface area contributed by atoms with Gasteiger partial charge in [-0.15, -0.1) is 0 Å². The van der Waals surface area contributed by atoms with E-state index >= 15 is 0 Å². The molecule has 0 aromatic heterocycles. The predicted octanol–water partition coefficient (Wildman–Crippen LogP) is 2.13. The van der Waals surface area contributed by atoms with Crippen LogP contribution in [0.2, 0.25) is 5.02 Å². The maximum atomic E-state index is 10.5. The standard InChI is InChI=1S/C13H18ClNO2/c14-11-4-1-3-10(7-11)12(16)13(8-15)5-2-6-17-9-13/h1,3-4,7,12,16H,2,5-6,8-9,15H2. The maximum Gasteiger partial charge on any atom is 0.0880 e. The summed E-state index contributed by atoms with van der Waals surface area (Å²) in [5, 5.41) is 11.1. The van der Waals surface area contributed by atoms with Crippen molar-refractivity contribution in [2.24, 2.45) is 11.1 Å². The van der Waals surface area contributed by atoms with Crippen LogP contribution in [0, 0.1) is 5.41 Å². The maximum absolute atomic E-state index is 10.5. The molecular formula is C13H18ClNO2. The molecule has 1 aromatic carbocycles. The monoisotopic (exact) mass is 255 g/mol. The summed E-state index contributed by atoms with van der Waals surface area (Å²) in [6, 6.07) is 7.31. The van der Waals surface area contributed by atoms with Crippen LogP contribution in [0.1, 0.15) is 24.5 Å². The molecule has 1 saturated heterocycles. The average molecular weight is 256 g/mol. The van der Waals surface area contributed by atoms with Gasteiger partial charge in [-0.2, -0.15) is 0 Å². The van der Waals surface area contributed by atoms with E-state index in [4.69, 9.17) is 22.1 Å². The van der Waals surface area contributed by atoms with E-state index in [0.29, 0.717) is 18.2 Å². The minimum Gasteiger partial charge on any atom is -0.388 e. The Bertz CT molecular complexity index is 377. The summed E-state index contributed by atoms with van der Waals surface area (Å²) >= 11 is 5.94. The van der Waals surface area contributed by atoms with Gasteiger partial charge in [0.1, 0.15) is 0 Å². The molecule has 94 valence electrons. The van der Waals surface area contributed by atoms with Gasteiger partial charge in [0.05, 0.1) is 12.7 Å². The molecule has 0 amide bonds. The van der Waals surface area contributed by atoms with E-state index in [-0.39, 0.29) is 5.41 Å². The van der Waals surface area contributed by atoms with E-state index < -0.39 is 6.10 Å². The first-order valence-electron chi connectivity index (χ1n) is 5.89. The second-order valence-corrected chi connectivity index (χ2v) is 5.12. The first-order chi connectivity index (χ1) is 8.18. The van der Waals surface area contributed by atoms with Gasteiger partial charge in [0.2, 0.25) is 0 Å². The van der Waals surface area contributed by atoms with E-state index in [2.05, 4.69) is 0 Å². The van der Waals surface area contributed by atoms with Gasteiger partial charge in [-0.3, -0.25) is 0 Å². The van der Waals surface area contributed by atoms with Crippen LogP contribution in [0.25, 0.3) is 0 Å². The van der Waals surface area contributed by atoms with Gasteiger partial charge in [-0.05, 0) is 30.5 Å². The largest absolute Gasteiger partial charge is 0.388 e. The van der Waals surface area contributed by atoms with Crippen LogP contribution >= 0.6 is 11.6 Å². The van der Waals surface area contributed by atoms with E-state index in [0.717, 1.165) is 25.0 Å². The quantitative estimate of drug-likeness (QED) is 0.870. The zero-order chi connectivity index (χ0) is 12.3. The van der Waals surface area contributed by atoms with Crippen LogP contribution in [0.3, 0.4) is 0 Å². The van der Waals surface area contributed by atoms with Gasteiger partial charge in [0.25, 0.3) is 0 Å². The zero-order valence-corrected chi connectivity index (χ0v) is 10.5. The molecule has 1 aromatic rings. The Labute approximate surface area is 107 Å². The zero-order valence-electron chi connectivity index (χ0n) is 9.73. The molecule has 2 rings (SSSR count). The van der Waals surface area contributed by atoms with Crippen LogP contribution in [-0.2, 0) is 4.74 Å². The number of nitrogens with two attached hydrogens (primary N) is 1. The summed E-state index contributed by atoms with van der Waals surface area (Å²) in [6.07, 6.45) is 1.21. The molecular weight excluding hydrogens is 238 g/mol. The number of hydrogen-bond donors (Lipinski definition) is 2. The third-order valence-electron chi connectivity index (χ3n) is 3.50. The third-order valence-corrected chi connectivity index (χ3v) is 3.74. The molecule has 0 bridgehead atoms. The first kappa shape index (κ1) is 12.8. The van der Waals surface area contributed by atoms with Gasteiger partial charge < -0.3 is 15.6 Å². The lowest BCUT2D eigenvalue weighted by Crippen LogP contribution is -2.43. The fraction of sp³-hybridized carbons (Fsp3) is 0.538. The average Bonchev–Trinajstić information content (AvgIpc) is 2.38. The molecule has 1 aliphatic heterocycles. The molecule has 3 N–H and O–H groups in total. The van der Waals surface area contributed by atoms with Crippen molar-refractivity contribution in [2.75, 3.05) is 19.8 Å². The minimum atomic E-state index is -0.619. The van der Waals surface area contributed by atoms with Gasteiger partial charge in [-0.25, -0.2) is 0 Å².